The fraction of sp³-hybridized carbons (Fsp3) is 0.250. The maximum Gasteiger partial charge on any atom is 0.237 e. The molecule has 2 aromatic heterocycles. The summed E-state index contributed by atoms with van der Waals surface area (Å²) in [5, 5.41) is 11.4. The first kappa shape index (κ1) is 19.9. The molecule has 6 nitrogen and oxygen atoms in total. The smallest absolute Gasteiger partial charge is 0.237 e. The van der Waals surface area contributed by atoms with E-state index in [-0.39, 0.29) is 11.7 Å². The van der Waals surface area contributed by atoms with Gasteiger partial charge in [-0.1, -0.05) is 23.9 Å². The number of rotatable bonds is 7. The normalized spacial score (nSPS) is 12.0. The van der Waals surface area contributed by atoms with Gasteiger partial charge in [0.15, 0.2) is 11.0 Å². The van der Waals surface area contributed by atoms with Crippen LogP contribution in [0.25, 0.3) is 11.4 Å². The zero-order chi connectivity index (χ0) is 20.3. The van der Waals surface area contributed by atoms with Crippen LogP contribution in [0.1, 0.15) is 18.2 Å². The summed E-state index contributed by atoms with van der Waals surface area (Å²) in [7, 11) is 0. The van der Waals surface area contributed by atoms with Crippen LogP contribution in [0.15, 0.2) is 52.8 Å². The van der Waals surface area contributed by atoms with Crippen molar-refractivity contribution in [1.82, 2.24) is 14.8 Å². The topological polar surface area (TPSA) is 73.0 Å². The zero-order valence-electron chi connectivity index (χ0n) is 15.9. The number of hydrogen-bond donors (Lipinski definition) is 1. The van der Waals surface area contributed by atoms with E-state index in [0.717, 1.165) is 11.3 Å². The van der Waals surface area contributed by atoms with E-state index in [2.05, 4.69) is 22.1 Å². The lowest BCUT2D eigenvalue weighted by atomic mass is 10.2. The highest BCUT2D eigenvalue weighted by atomic mass is 32.2. The number of carbonyl (C=O) groups is 1. The SMILES string of the molecule is C=CCn1c(S[C@H](C)C(=O)Nc2ccc(C)c(F)c2)nnc1-c1ccoc1C. The van der Waals surface area contributed by atoms with Gasteiger partial charge in [0, 0.05) is 12.2 Å². The monoisotopic (exact) mass is 400 g/mol. The number of halogens is 1. The van der Waals surface area contributed by atoms with Crippen molar-refractivity contribution in [1.29, 1.82) is 0 Å². The molecule has 1 aromatic carbocycles. The van der Waals surface area contributed by atoms with Gasteiger partial charge in [-0.25, -0.2) is 4.39 Å². The number of hydrogen-bond acceptors (Lipinski definition) is 5. The molecule has 1 N–H and O–H groups in total. The van der Waals surface area contributed by atoms with E-state index in [0.29, 0.717) is 28.8 Å². The highest BCUT2D eigenvalue weighted by molar-refractivity contribution is 8.00. The summed E-state index contributed by atoms with van der Waals surface area (Å²) in [5.74, 6) is 0.787. The largest absolute Gasteiger partial charge is 0.469 e. The van der Waals surface area contributed by atoms with Crippen molar-refractivity contribution in [2.45, 2.75) is 37.7 Å². The first-order chi connectivity index (χ1) is 13.4. The highest BCUT2D eigenvalue weighted by Gasteiger charge is 2.22. The molecule has 0 aliphatic heterocycles. The van der Waals surface area contributed by atoms with E-state index in [1.807, 2.05) is 17.6 Å². The van der Waals surface area contributed by atoms with Crippen LogP contribution in [-0.2, 0) is 11.3 Å². The van der Waals surface area contributed by atoms with E-state index in [4.69, 9.17) is 4.42 Å². The molecule has 2 heterocycles. The Balaban J connectivity index is 1.77. The number of allylic oxidation sites excluding steroid dienone is 1. The fourth-order valence-corrected chi connectivity index (χ4v) is 3.47. The quantitative estimate of drug-likeness (QED) is 0.463. The first-order valence-electron chi connectivity index (χ1n) is 8.73. The lowest BCUT2D eigenvalue weighted by Crippen LogP contribution is -2.23. The van der Waals surface area contributed by atoms with E-state index in [1.54, 1.807) is 38.3 Å². The molecule has 1 atom stereocenters. The van der Waals surface area contributed by atoms with Crippen LogP contribution in [-0.4, -0.2) is 25.9 Å². The maximum atomic E-state index is 13.7. The number of amides is 1. The van der Waals surface area contributed by atoms with Crippen LogP contribution >= 0.6 is 11.8 Å². The van der Waals surface area contributed by atoms with Gasteiger partial charge in [-0.05, 0) is 44.5 Å². The summed E-state index contributed by atoms with van der Waals surface area (Å²) >= 11 is 1.27. The molecular formula is C20H21FN4O2S. The van der Waals surface area contributed by atoms with E-state index in [9.17, 15) is 9.18 Å². The third-order valence-electron chi connectivity index (χ3n) is 4.22. The van der Waals surface area contributed by atoms with Crippen molar-refractivity contribution >= 4 is 23.4 Å². The Bertz CT molecular complexity index is 1010. The third kappa shape index (κ3) is 4.17. The van der Waals surface area contributed by atoms with Crippen LogP contribution in [0.4, 0.5) is 10.1 Å². The minimum absolute atomic E-state index is 0.248. The van der Waals surface area contributed by atoms with Crippen LogP contribution in [0.5, 0.6) is 0 Å². The molecule has 0 spiro atoms. The van der Waals surface area contributed by atoms with Crippen molar-refractivity contribution in [2.24, 2.45) is 0 Å². The maximum absolute atomic E-state index is 13.7. The summed E-state index contributed by atoms with van der Waals surface area (Å²) in [4.78, 5) is 12.5. The van der Waals surface area contributed by atoms with Gasteiger partial charge >= 0.3 is 0 Å². The molecule has 28 heavy (non-hydrogen) atoms. The van der Waals surface area contributed by atoms with Gasteiger partial charge in [0.2, 0.25) is 5.91 Å². The zero-order valence-corrected chi connectivity index (χ0v) is 16.7. The van der Waals surface area contributed by atoms with Gasteiger partial charge in [0.1, 0.15) is 11.6 Å². The number of furan rings is 1. The van der Waals surface area contributed by atoms with Crippen LogP contribution in [0.3, 0.4) is 0 Å². The van der Waals surface area contributed by atoms with E-state index >= 15 is 0 Å². The number of benzene rings is 1. The molecular weight excluding hydrogens is 379 g/mol. The summed E-state index contributed by atoms with van der Waals surface area (Å²) in [6.07, 6.45) is 3.34. The molecule has 0 aliphatic rings. The average molecular weight is 400 g/mol. The number of nitrogens with one attached hydrogen (secondary N) is 1. The summed E-state index contributed by atoms with van der Waals surface area (Å²) in [6.45, 7) is 9.56. The predicted octanol–water partition coefficient (Wildman–Crippen LogP) is 4.60. The minimum Gasteiger partial charge on any atom is -0.469 e. The highest BCUT2D eigenvalue weighted by Crippen LogP contribution is 2.29. The van der Waals surface area contributed by atoms with Crippen LogP contribution in [0, 0.1) is 19.7 Å². The van der Waals surface area contributed by atoms with Gasteiger partial charge in [-0.15, -0.1) is 16.8 Å². The number of aryl methyl sites for hydroxylation is 2. The molecule has 3 rings (SSSR count). The molecule has 0 fully saturated rings. The first-order valence-corrected chi connectivity index (χ1v) is 9.61. The minimum atomic E-state index is -0.463. The Kier molecular flexibility index (Phi) is 5.99. The molecule has 0 saturated heterocycles. The standard InChI is InChI=1S/C20H21FN4O2S/c1-5-9-25-18(16-8-10-27-13(16)3)23-24-20(25)28-14(4)19(26)22-15-7-6-12(2)17(21)11-15/h5-8,10-11,14H,1,9H2,2-4H3,(H,22,26)/t14-/m1/s1. The van der Waals surface area contributed by atoms with Gasteiger partial charge < -0.3 is 9.73 Å². The number of thioether (sulfide) groups is 1. The second-order valence-corrected chi connectivity index (χ2v) is 7.62. The Morgan fingerprint density at radius 1 is 1.39 bits per heavy atom. The van der Waals surface area contributed by atoms with Crippen molar-refractivity contribution in [3.63, 3.8) is 0 Å². The molecule has 0 unspecified atom stereocenters. The molecule has 8 heteroatoms. The predicted molar refractivity (Wildman–Crippen MR) is 108 cm³/mol. The van der Waals surface area contributed by atoms with Gasteiger partial charge in [0.05, 0.1) is 17.1 Å². The van der Waals surface area contributed by atoms with E-state index in [1.165, 1.54) is 17.8 Å². The van der Waals surface area contributed by atoms with E-state index < -0.39 is 5.25 Å². The Labute approximate surface area is 166 Å². The van der Waals surface area contributed by atoms with Crippen molar-refractivity contribution in [3.05, 3.63) is 60.3 Å². The summed E-state index contributed by atoms with van der Waals surface area (Å²) < 4.78 is 20.9. The van der Waals surface area contributed by atoms with Gasteiger partial charge in [0.25, 0.3) is 0 Å². The molecule has 3 aromatic rings. The van der Waals surface area contributed by atoms with Crippen molar-refractivity contribution in [3.8, 4) is 11.4 Å². The molecule has 146 valence electrons. The Hall–Kier alpha value is -2.87. The van der Waals surface area contributed by atoms with Gasteiger partial charge in [-0.2, -0.15) is 0 Å². The second kappa shape index (κ2) is 8.43. The number of aromatic nitrogens is 3. The average Bonchev–Trinajstić information content (AvgIpc) is 3.24. The third-order valence-corrected chi connectivity index (χ3v) is 5.30. The fourth-order valence-electron chi connectivity index (χ4n) is 2.61. The molecule has 1 amide bonds. The Morgan fingerprint density at radius 2 is 2.18 bits per heavy atom. The van der Waals surface area contributed by atoms with Crippen LogP contribution in [0.2, 0.25) is 0 Å². The van der Waals surface area contributed by atoms with Crippen LogP contribution < -0.4 is 5.32 Å². The Morgan fingerprint density at radius 3 is 2.82 bits per heavy atom. The van der Waals surface area contributed by atoms with Crippen molar-refractivity contribution < 1.29 is 13.6 Å². The molecule has 0 saturated carbocycles. The summed E-state index contributed by atoms with van der Waals surface area (Å²) in [5.41, 5.74) is 1.79. The molecule has 0 radical (unpaired) electrons. The van der Waals surface area contributed by atoms with Crippen molar-refractivity contribution in [2.75, 3.05) is 5.32 Å². The summed E-state index contributed by atoms with van der Waals surface area (Å²) in [6, 6.07) is 6.44. The number of anilines is 1. The lowest BCUT2D eigenvalue weighted by molar-refractivity contribution is -0.115. The van der Waals surface area contributed by atoms with Gasteiger partial charge in [-0.3, -0.25) is 9.36 Å². The number of nitrogens with zero attached hydrogens (tertiary/aromatic N) is 3. The lowest BCUT2D eigenvalue weighted by Gasteiger charge is -2.13. The molecule has 0 bridgehead atoms. The molecule has 0 aliphatic carbocycles. The second-order valence-electron chi connectivity index (χ2n) is 6.31. The number of carbonyl (C=O) groups excluding carboxylic acids is 1.